The molecule has 0 aliphatic carbocycles. The van der Waals surface area contributed by atoms with Crippen LogP contribution in [0.1, 0.15) is 0 Å². The van der Waals surface area contributed by atoms with E-state index in [0.29, 0.717) is 23.2 Å². The molecule has 31 heavy (non-hydrogen) atoms. The molecule has 1 saturated heterocycles. The number of anilines is 1. The lowest BCUT2D eigenvalue weighted by Crippen LogP contribution is -2.44. The van der Waals surface area contributed by atoms with Gasteiger partial charge in [0.15, 0.2) is 11.7 Å². The third kappa shape index (κ3) is 5.74. The molecule has 1 fully saturated rings. The molecule has 7 nitrogen and oxygen atoms in total. The first kappa shape index (κ1) is 22.0. The van der Waals surface area contributed by atoms with Crippen molar-refractivity contribution in [3.8, 4) is 11.5 Å². The zero-order valence-electron chi connectivity index (χ0n) is 17.3. The van der Waals surface area contributed by atoms with E-state index >= 15 is 0 Å². The van der Waals surface area contributed by atoms with Crippen molar-refractivity contribution in [2.24, 2.45) is 0 Å². The fourth-order valence-corrected chi connectivity index (χ4v) is 4.87. The van der Waals surface area contributed by atoms with Crippen LogP contribution in [0.2, 0.25) is 0 Å². The maximum Gasteiger partial charge on any atom is 0.266 e. The van der Waals surface area contributed by atoms with Crippen LogP contribution in [0.25, 0.3) is 10.2 Å². The largest absolute Gasteiger partial charge is 0.497 e. The lowest BCUT2D eigenvalue weighted by atomic mass is 10.3. The summed E-state index contributed by atoms with van der Waals surface area (Å²) in [6, 6.07) is 13.2. The summed E-state index contributed by atoms with van der Waals surface area (Å²) in [5.74, 6) is 1.15. The molecule has 0 bridgehead atoms. The lowest BCUT2D eigenvalue weighted by Gasteiger charge is -2.29. The monoisotopic (exact) mass is 505 g/mol. The lowest BCUT2D eigenvalue weighted by molar-refractivity contribution is -0.120. The van der Waals surface area contributed by atoms with Gasteiger partial charge in [-0.3, -0.25) is 14.6 Å². The van der Waals surface area contributed by atoms with Crippen LogP contribution in [0.4, 0.5) is 5.13 Å². The van der Waals surface area contributed by atoms with Crippen LogP contribution in [0.3, 0.4) is 0 Å². The molecule has 2 aromatic carbocycles. The van der Waals surface area contributed by atoms with Crippen LogP contribution >= 0.6 is 27.3 Å². The van der Waals surface area contributed by atoms with Crippen molar-refractivity contribution >= 4 is 48.5 Å². The number of thiazole rings is 1. The summed E-state index contributed by atoms with van der Waals surface area (Å²) in [7, 11) is 1.60. The smallest absolute Gasteiger partial charge is 0.266 e. The van der Waals surface area contributed by atoms with E-state index in [2.05, 4.69) is 20.8 Å². The van der Waals surface area contributed by atoms with Crippen LogP contribution in [-0.2, 0) is 9.53 Å². The number of methoxy groups -OCH3 is 1. The van der Waals surface area contributed by atoms with E-state index in [1.54, 1.807) is 18.1 Å². The van der Waals surface area contributed by atoms with Gasteiger partial charge in [-0.05, 0) is 30.3 Å². The molecule has 0 saturated carbocycles. The third-order valence-electron chi connectivity index (χ3n) is 5.02. The summed E-state index contributed by atoms with van der Waals surface area (Å²) in [4.78, 5) is 21.9. The molecule has 1 aliphatic rings. The molecule has 0 unspecified atom stereocenters. The number of nitrogens with zero attached hydrogens (tertiary/aromatic N) is 3. The van der Waals surface area contributed by atoms with E-state index in [1.807, 2.05) is 36.4 Å². The number of amides is 1. The van der Waals surface area contributed by atoms with Crippen molar-refractivity contribution in [3.05, 3.63) is 46.9 Å². The maximum atomic E-state index is 13.2. The van der Waals surface area contributed by atoms with Crippen molar-refractivity contribution in [1.29, 1.82) is 0 Å². The van der Waals surface area contributed by atoms with Gasteiger partial charge in [0, 0.05) is 36.7 Å². The second-order valence-electron chi connectivity index (χ2n) is 7.08. The Hall–Kier alpha value is -2.20. The van der Waals surface area contributed by atoms with Crippen molar-refractivity contribution in [3.63, 3.8) is 0 Å². The molecule has 1 aromatic heterocycles. The summed E-state index contributed by atoms with van der Waals surface area (Å²) in [5.41, 5.74) is 0.876. The SMILES string of the molecule is COc1cccc(OCC(=O)N(CCN2CCOCC2)c2nc3ccc(Br)cc3s2)c1. The average Bonchev–Trinajstić information content (AvgIpc) is 3.21. The zero-order valence-corrected chi connectivity index (χ0v) is 19.7. The summed E-state index contributed by atoms with van der Waals surface area (Å²) >= 11 is 5.01. The molecule has 0 spiro atoms. The van der Waals surface area contributed by atoms with Gasteiger partial charge < -0.3 is 14.2 Å². The minimum absolute atomic E-state index is 0.0735. The Morgan fingerprint density at radius 3 is 2.84 bits per heavy atom. The van der Waals surface area contributed by atoms with E-state index in [-0.39, 0.29) is 12.5 Å². The maximum absolute atomic E-state index is 13.2. The van der Waals surface area contributed by atoms with Gasteiger partial charge in [0.05, 0.1) is 30.5 Å². The molecular formula is C22H24BrN3O4S. The minimum Gasteiger partial charge on any atom is -0.497 e. The highest BCUT2D eigenvalue weighted by molar-refractivity contribution is 9.10. The highest BCUT2D eigenvalue weighted by Crippen LogP contribution is 2.31. The van der Waals surface area contributed by atoms with E-state index < -0.39 is 0 Å². The zero-order chi connectivity index (χ0) is 21.6. The standard InChI is InChI=1S/C22H24BrN3O4S/c1-28-17-3-2-4-18(14-17)30-15-21(27)26(8-7-25-9-11-29-12-10-25)22-24-19-6-5-16(23)13-20(19)31-22/h2-6,13-14H,7-12,15H2,1H3. The number of carbonyl (C=O) groups is 1. The van der Waals surface area contributed by atoms with Gasteiger partial charge in [0.2, 0.25) is 0 Å². The van der Waals surface area contributed by atoms with Crippen LogP contribution < -0.4 is 14.4 Å². The number of hydrogen-bond acceptors (Lipinski definition) is 7. The van der Waals surface area contributed by atoms with Crippen molar-refractivity contribution in [1.82, 2.24) is 9.88 Å². The number of benzene rings is 2. The van der Waals surface area contributed by atoms with Crippen molar-refractivity contribution in [2.75, 3.05) is 58.0 Å². The second kappa shape index (κ2) is 10.4. The quantitative estimate of drug-likeness (QED) is 0.463. The predicted molar refractivity (Wildman–Crippen MR) is 125 cm³/mol. The van der Waals surface area contributed by atoms with Crippen molar-refractivity contribution < 1.29 is 19.0 Å². The normalized spacial score (nSPS) is 14.5. The summed E-state index contributed by atoms with van der Waals surface area (Å²) in [6.45, 7) is 4.42. The Morgan fingerprint density at radius 1 is 1.23 bits per heavy atom. The Labute approximate surface area is 193 Å². The van der Waals surface area contributed by atoms with E-state index in [0.717, 1.165) is 47.5 Å². The molecule has 1 amide bonds. The Balaban J connectivity index is 1.50. The molecule has 3 aromatic rings. The highest BCUT2D eigenvalue weighted by atomic mass is 79.9. The topological polar surface area (TPSA) is 64.1 Å². The van der Waals surface area contributed by atoms with Crippen LogP contribution in [0.5, 0.6) is 11.5 Å². The number of ether oxygens (including phenoxy) is 3. The second-order valence-corrected chi connectivity index (χ2v) is 9.00. The summed E-state index contributed by atoms with van der Waals surface area (Å²) < 4.78 is 18.4. The third-order valence-corrected chi connectivity index (χ3v) is 6.55. The molecule has 0 N–H and O–H groups in total. The molecule has 0 atom stereocenters. The Kier molecular flexibility index (Phi) is 7.39. The van der Waals surface area contributed by atoms with Gasteiger partial charge >= 0.3 is 0 Å². The van der Waals surface area contributed by atoms with Crippen molar-refractivity contribution in [2.45, 2.75) is 0 Å². The first-order valence-electron chi connectivity index (χ1n) is 10.1. The fourth-order valence-electron chi connectivity index (χ4n) is 3.31. The number of aromatic nitrogens is 1. The highest BCUT2D eigenvalue weighted by Gasteiger charge is 2.22. The molecule has 164 valence electrons. The number of fused-ring (bicyclic) bond motifs is 1. The molecular weight excluding hydrogens is 482 g/mol. The van der Waals surface area contributed by atoms with Gasteiger partial charge in [-0.2, -0.15) is 0 Å². The molecule has 4 rings (SSSR count). The summed E-state index contributed by atoms with van der Waals surface area (Å²) in [6.07, 6.45) is 0. The Morgan fingerprint density at radius 2 is 2.03 bits per heavy atom. The van der Waals surface area contributed by atoms with Crippen LogP contribution in [0, 0.1) is 0 Å². The number of morpholine rings is 1. The molecule has 2 heterocycles. The van der Waals surface area contributed by atoms with E-state index in [1.165, 1.54) is 11.3 Å². The number of halogens is 1. The van der Waals surface area contributed by atoms with E-state index in [9.17, 15) is 4.79 Å². The van der Waals surface area contributed by atoms with Gasteiger partial charge in [-0.25, -0.2) is 4.98 Å². The first-order valence-corrected chi connectivity index (χ1v) is 11.7. The Bertz CT molecular complexity index is 1040. The molecule has 0 radical (unpaired) electrons. The number of hydrogen-bond donors (Lipinski definition) is 0. The van der Waals surface area contributed by atoms with Crippen LogP contribution in [0.15, 0.2) is 46.9 Å². The average molecular weight is 506 g/mol. The molecule has 1 aliphatic heterocycles. The predicted octanol–water partition coefficient (Wildman–Crippen LogP) is 3.81. The van der Waals surface area contributed by atoms with Crippen LogP contribution in [-0.4, -0.2) is 68.9 Å². The summed E-state index contributed by atoms with van der Waals surface area (Å²) in [5, 5.41) is 0.681. The number of rotatable bonds is 8. The number of carbonyl (C=O) groups excluding carboxylic acids is 1. The van der Waals surface area contributed by atoms with Gasteiger partial charge in [0.25, 0.3) is 5.91 Å². The fraction of sp³-hybridized carbons (Fsp3) is 0.364. The minimum atomic E-state index is -0.130. The van der Waals surface area contributed by atoms with Gasteiger partial charge in [-0.15, -0.1) is 0 Å². The van der Waals surface area contributed by atoms with E-state index in [4.69, 9.17) is 19.2 Å². The first-order chi connectivity index (χ1) is 15.1. The van der Waals surface area contributed by atoms with Gasteiger partial charge in [0.1, 0.15) is 11.5 Å². The molecule has 9 heteroatoms. The van der Waals surface area contributed by atoms with Gasteiger partial charge in [-0.1, -0.05) is 33.3 Å².